The van der Waals surface area contributed by atoms with E-state index in [0.29, 0.717) is 24.3 Å². The highest BCUT2D eigenvalue weighted by Crippen LogP contribution is 2.21. The van der Waals surface area contributed by atoms with E-state index < -0.39 is 11.9 Å². The molecule has 4 aliphatic rings. The van der Waals surface area contributed by atoms with E-state index in [9.17, 15) is 0 Å². The lowest BCUT2D eigenvalue weighted by molar-refractivity contribution is -0.159. The third kappa shape index (κ3) is 4.91. The molecule has 0 aliphatic carbocycles. The summed E-state index contributed by atoms with van der Waals surface area (Å²) in [6.07, 6.45) is 6.04. The summed E-state index contributed by atoms with van der Waals surface area (Å²) in [5.41, 5.74) is 0. The van der Waals surface area contributed by atoms with Crippen LogP contribution in [0.5, 0.6) is 0 Å². The zero-order chi connectivity index (χ0) is 15.9. The summed E-state index contributed by atoms with van der Waals surface area (Å²) < 4.78 is 10.8. The largest absolute Gasteiger partial charge is 0.473 e. The maximum absolute atomic E-state index is 9.10. The molecule has 4 saturated heterocycles. The molecule has 0 aromatic heterocycles. The normalized spacial score (nSPS) is 34.7. The Labute approximate surface area is 129 Å². The first-order valence-electron chi connectivity index (χ1n) is 7.74. The molecule has 4 atom stereocenters. The van der Waals surface area contributed by atoms with Gasteiger partial charge in [0.25, 0.3) is 0 Å². The van der Waals surface area contributed by atoms with Gasteiger partial charge in [-0.3, -0.25) is 0 Å². The minimum Gasteiger partial charge on any atom is -0.473 e. The van der Waals surface area contributed by atoms with Gasteiger partial charge in [-0.2, -0.15) is 0 Å². The summed E-state index contributed by atoms with van der Waals surface area (Å²) in [6, 6.07) is 1.41. The molecule has 0 saturated carbocycles. The molecular weight excluding hydrogens is 292 g/mol. The topological polar surface area (TPSA) is 117 Å². The van der Waals surface area contributed by atoms with Gasteiger partial charge in [0.15, 0.2) is 0 Å². The summed E-state index contributed by atoms with van der Waals surface area (Å²) in [6.45, 7) is 4.27. The van der Waals surface area contributed by atoms with Gasteiger partial charge in [-0.15, -0.1) is 0 Å². The molecule has 4 aliphatic heterocycles. The van der Waals surface area contributed by atoms with Crippen molar-refractivity contribution < 1.29 is 29.3 Å². The summed E-state index contributed by atoms with van der Waals surface area (Å²) in [4.78, 5) is 18.2. The second-order valence-electron chi connectivity index (χ2n) is 5.70. The van der Waals surface area contributed by atoms with Gasteiger partial charge in [0, 0.05) is 25.3 Å². The molecule has 0 unspecified atom stereocenters. The van der Waals surface area contributed by atoms with Gasteiger partial charge in [-0.25, -0.2) is 9.59 Å². The lowest BCUT2D eigenvalue weighted by Crippen LogP contribution is -2.24. The summed E-state index contributed by atoms with van der Waals surface area (Å²) in [5.74, 6) is -3.65. The average molecular weight is 316 g/mol. The van der Waals surface area contributed by atoms with E-state index in [1.54, 1.807) is 0 Å². The predicted octanol–water partition coefficient (Wildman–Crippen LogP) is -0.570. The lowest BCUT2D eigenvalue weighted by Gasteiger charge is -2.04. The van der Waals surface area contributed by atoms with Crippen LogP contribution in [0.3, 0.4) is 0 Å². The van der Waals surface area contributed by atoms with Gasteiger partial charge in [-0.05, 0) is 38.8 Å². The summed E-state index contributed by atoms with van der Waals surface area (Å²) in [5, 5.41) is 21.6. The van der Waals surface area contributed by atoms with E-state index in [2.05, 4.69) is 10.6 Å². The quantitative estimate of drug-likeness (QED) is 0.439. The van der Waals surface area contributed by atoms with Crippen molar-refractivity contribution in [1.29, 1.82) is 0 Å². The van der Waals surface area contributed by atoms with Crippen molar-refractivity contribution >= 4 is 11.9 Å². The molecule has 126 valence electrons. The van der Waals surface area contributed by atoms with Crippen LogP contribution in [0, 0.1) is 0 Å². The Morgan fingerprint density at radius 3 is 1.50 bits per heavy atom. The van der Waals surface area contributed by atoms with E-state index in [1.807, 2.05) is 0 Å². The Morgan fingerprint density at radius 2 is 1.18 bits per heavy atom. The summed E-state index contributed by atoms with van der Waals surface area (Å²) >= 11 is 0. The van der Waals surface area contributed by atoms with Gasteiger partial charge in [0.1, 0.15) is 0 Å². The number of carbonyl (C=O) groups is 2. The minimum atomic E-state index is -1.82. The van der Waals surface area contributed by atoms with Gasteiger partial charge in [-0.1, -0.05) is 0 Å². The Balaban J connectivity index is 0.000000123. The van der Waals surface area contributed by atoms with Crippen molar-refractivity contribution in [2.24, 2.45) is 0 Å². The molecule has 4 rings (SSSR count). The first kappa shape index (κ1) is 17.1. The smallest absolute Gasteiger partial charge is 0.414 e. The van der Waals surface area contributed by atoms with E-state index in [4.69, 9.17) is 29.3 Å². The molecule has 0 amide bonds. The standard InChI is InChI=1S/2C6H11NO.C2H2O4/c2*1-3-7-5-2-4-8-6(1)5;3-1(4)2(5)6/h2*5-7H,1-4H2;(H,3,4)(H,5,6)/t2*5-,6-;/m00./s1. The number of aliphatic carboxylic acids is 2. The highest BCUT2D eigenvalue weighted by molar-refractivity contribution is 6.27. The van der Waals surface area contributed by atoms with Crippen LogP contribution in [0.2, 0.25) is 0 Å². The fourth-order valence-corrected chi connectivity index (χ4v) is 3.15. The van der Waals surface area contributed by atoms with Crippen molar-refractivity contribution in [2.75, 3.05) is 26.3 Å². The highest BCUT2D eigenvalue weighted by Gasteiger charge is 2.32. The zero-order valence-electron chi connectivity index (χ0n) is 12.5. The Kier molecular flexibility index (Phi) is 6.56. The molecule has 0 aromatic carbocycles. The molecular formula is C14H24N2O6. The Morgan fingerprint density at radius 1 is 0.773 bits per heavy atom. The molecule has 8 heteroatoms. The number of carboxylic acids is 2. The number of carboxylic acid groups (broad SMARTS) is 2. The third-order valence-corrected chi connectivity index (χ3v) is 4.27. The van der Waals surface area contributed by atoms with Crippen LogP contribution in [0.15, 0.2) is 0 Å². The van der Waals surface area contributed by atoms with E-state index in [-0.39, 0.29) is 0 Å². The van der Waals surface area contributed by atoms with E-state index in [1.165, 1.54) is 25.7 Å². The van der Waals surface area contributed by atoms with Crippen molar-refractivity contribution in [2.45, 2.75) is 50.0 Å². The molecule has 0 spiro atoms. The first-order valence-corrected chi connectivity index (χ1v) is 7.74. The third-order valence-electron chi connectivity index (χ3n) is 4.27. The zero-order valence-corrected chi connectivity index (χ0v) is 12.5. The van der Waals surface area contributed by atoms with Gasteiger partial charge in [0.2, 0.25) is 0 Å². The van der Waals surface area contributed by atoms with Crippen LogP contribution in [0.25, 0.3) is 0 Å². The number of nitrogens with one attached hydrogen (secondary N) is 2. The fraction of sp³-hybridized carbons (Fsp3) is 0.857. The second kappa shape index (κ2) is 8.42. The van der Waals surface area contributed by atoms with E-state index >= 15 is 0 Å². The minimum absolute atomic E-state index is 0.565. The van der Waals surface area contributed by atoms with Crippen molar-refractivity contribution in [3.63, 3.8) is 0 Å². The first-order chi connectivity index (χ1) is 10.6. The molecule has 4 fully saturated rings. The Bertz CT molecular complexity index is 316. The summed E-state index contributed by atoms with van der Waals surface area (Å²) in [7, 11) is 0. The molecule has 8 nitrogen and oxygen atoms in total. The monoisotopic (exact) mass is 316 g/mol. The van der Waals surface area contributed by atoms with Crippen LogP contribution >= 0.6 is 0 Å². The van der Waals surface area contributed by atoms with Gasteiger partial charge in [0.05, 0.1) is 12.2 Å². The molecule has 4 N–H and O–H groups in total. The van der Waals surface area contributed by atoms with Crippen LogP contribution in [0.4, 0.5) is 0 Å². The number of rotatable bonds is 0. The Hall–Kier alpha value is -1.22. The van der Waals surface area contributed by atoms with Crippen LogP contribution in [-0.4, -0.2) is 72.7 Å². The molecule has 4 heterocycles. The number of hydrogen-bond donors (Lipinski definition) is 4. The molecule has 0 radical (unpaired) electrons. The fourth-order valence-electron chi connectivity index (χ4n) is 3.15. The maximum Gasteiger partial charge on any atom is 0.414 e. The molecule has 0 bridgehead atoms. The number of ether oxygens (including phenoxy) is 2. The highest BCUT2D eigenvalue weighted by atomic mass is 16.5. The van der Waals surface area contributed by atoms with Crippen molar-refractivity contribution in [1.82, 2.24) is 10.6 Å². The predicted molar refractivity (Wildman–Crippen MR) is 76.8 cm³/mol. The second-order valence-corrected chi connectivity index (χ2v) is 5.70. The van der Waals surface area contributed by atoms with Crippen LogP contribution < -0.4 is 10.6 Å². The number of hydrogen-bond acceptors (Lipinski definition) is 6. The number of fused-ring (bicyclic) bond motifs is 2. The van der Waals surface area contributed by atoms with Gasteiger partial charge >= 0.3 is 11.9 Å². The van der Waals surface area contributed by atoms with E-state index in [0.717, 1.165) is 26.3 Å². The maximum atomic E-state index is 9.10. The lowest BCUT2D eigenvalue weighted by atomic mass is 10.2. The van der Waals surface area contributed by atoms with Crippen LogP contribution in [0.1, 0.15) is 25.7 Å². The van der Waals surface area contributed by atoms with Crippen molar-refractivity contribution in [3.05, 3.63) is 0 Å². The van der Waals surface area contributed by atoms with Crippen LogP contribution in [-0.2, 0) is 19.1 Å². The SMILES string of the molecule is C1C[C@@H]2OCC[C@@H]2N1.C1C[C@@H]2OCC[C@@H]2N1.O=C(O)C(=O)O. The van der Waals surface area contributed by atoms with Gasteiger partial charge < -0.3 is 30.3 Å². The molecule has 0 aromatic rings. The molecule has 22 heavy (non-hydrogen) atoms. The average Bonchev–Trinajstić information content (AvgIpc) is 3.20. The van der Waals surface area contributed by atoms with Crippen molar-refractivity contribution in [3.8, 4) is 0 Å².